The smallest absolute Gasteiger partial charge is 0.870 e. The molecule has 0 aromatic rings. The number of rotatable bonds is 0. The van der Waals surface area contributed by atoms with E-state index >= 15 is 0 Å². The molecule has 0 unspecified atom stereocenters. The molecule has 0 saturated heterocycles. The average molecular weight is 184 g/mol. The zero-order valence-corrected chi connectivity index (χ0v) is 8.69. The summed E-state index contributed by atoms with van der Waals surface area (Å²) in [6, 6.07) is 0. The van der Waals surface area contributed by atoms with Gasteiger partial charge in [0.05, 0.1) is 0 Å². The van der Waals surface area contributed by atoms with E-state index in [-0.39, 0.29) is 68.4 Å². The second-order valence-electron chi connectivity index (χ2n) is 0.346. The Bertz CT molecular complexity index is 16.4. The van der Waals surface area contributed by atoms with Crippen LogP contribution in [0.4, 0.5) is 4.70 Å². The van der Waals surface area contributed by atoms with E-state index < -0.39 is 7.32 Å². The molecule has 0 aliphatic rings. The first-order chi connectivity index (χ1) is 1.73. The van der Waals surface area contributed by atoms with Gasteiger partial charge in [0, 0.05) is 0 Å². The van der Waals surface area contributed by atoms with Crippen LogP contribution in [0.5, 0.6) is 0 Å². The Morgan fingerprint density at radius 1 is 1.00 bits per heavy atom. The third-order valence-corrected chi connectivity index (χ3v) is 0. The Morgan fingerprint density at radius 2 is 1.00 bits per heavy atom. The molecule has 7 heavy (non-hydrogen) atoms. The number of halogens is 1. The third kappa shape index (κ3) is 90.3. The van der Waals surface area contributed by atoms with Gasteiger partial charge in [0.15, 0.2) is 0 Å². The van der Waals surface area contributed by atoms with E-state index in [1.54, 1.807) is 0 Å². The molecule has 0 rings (SSSR count). The molecule has 4 N–H and O–H groups in total. The molecule has 0 aliphatic heterocycles. The minimum atomic E-state index is -2.17. The predicted octanol–water partition coefficient (Wildman–Crippen LogP) is -5.07. The summed E-state index contributed by atoms with van der Waals surface area (Å²) in [7, 11) is -2.17. The molecule has 40 valence electrons. The van der Waals surface area contributed by atoms with Gasteiger partial charge >= 0.3 is 65.5 Å². The fourth-order valence-corrected chi connectivity index (χ4v) is 0. The Kier molecular flexibility index (Phi) is 52.4. The van der Waals surface area contributed by atoms with Crippen molar-refractivity contribution in [2.75, 3.05) is 0 Å². The molecule has 0 spiro atoms. The van der Waals surface area contributed by atoms with Crippen molar-refractivity contribution in [3.8, 4) is 0 Å². The summed E-state index contributed by atoms with van der Waals surface area (Å²) < 4.78 is 0. The van der Waals surface area contributed by atoms with Gasteiger partial charge < -0.3 is 20.5 Å². The van der Waals surface area contributed by atoms with Crippen LogP contribution in [-0.4, -0.2) is 27.9 Å². The van der Waals surface area contributed by atoms with E-state index in [1.807, 2.05) is 0 Å². The Morgan fingerprint density at radius 3 is 1.00 bits per heavy atom. The molecule has 7 heteroatoms. The Balaban J connectivity index is -0.0000000150. The van der Waals surface area contributed by atoms with E-state index in [9.17, 15) is 0 Å². The van der Waals surface area contributed by atoms with Crippen molar-refractivity contribution in [2.45, 2.75) is 0 Å². The van der Waals surface area contributed by atoms with Crippen molar-refractivity contribution in [3.63, 3.8) is 0 Å². The van der Waals surface area contributed by atoms with Crippen molar-refractivity contribution >= 4 is 7.32 Å². The van der Waals surface area contributed by atoms with Gasteiger partial charge in [-0.3, -0.25) is 4.70 Å². The monoisotopic (exact) mass is 184 g/mol. The second-order valence-corrected chi connectivity index (χ2v) is 0.346. The Labute approximate surface area is 89.2 Å². The molecule has 0 aromatic heterocycles. The van der Waals surface area contributed by atoms with E-state index in [0.29, 0.717) is 0 Å². The van der Waals surface area contributed by atoms with Crippen LogP contribution in [-0.2, 0) is 0 Å². The first kappa shape index (κ1) is 23.4. The second kappa shape index (κ2) is 15.6. The maximum atomic E-state index is 7.17. The van der Waals surface area contributed by atoms with Crippen molar-refractivity contribution < 1.29 is 83.4 Å². The normalized spacial score (nSPS) is 3.86. The Hall–Kier alpha value is 1.64. The van der Waals surface area contributed by atoms with Crippen LogP contribution in [0.15, 0.2) is 0 Å². The fraction of sp³-hybridized carbons (Fsp3) is 0. The molecule has 0 amide bonds. The van der Waals surface area contributed by atoms with E-state index in [4.69, 9.17) is 15.1 Å². The molecule has 0 atom stereocenters. The minimum absolute atomic E-state index is 0. The topological polar surface area (TPSA) is 90.7 Å². The van der Waals surface area contributed by atoms with Gasteiger partial charge in [-0.15, -0.1) is 0 Å². The SMILES string of the molecule is F.OB(O)O.[OH-].[Rb+]. The first-order valence-corrected chi connectivity index (χ1v) is 0.775. The van der Waals surface area contributed by atoms with E-state index in [0.717, 1.165) is 0 Å². The average Bonchev–Trinajstić information content (AvgIpc) is 0.811. The fourth-order valence-electron chi connectivity index (χ4n) is 0. The van der Waals surface area contributed by atoms with Gasteiger partial charge in [0.2, 0.25) is 0 Å². The van der Waals surface area contributed by atoms with Gasteiger partial charge in [-0.25, -0.2) is 0 Å². The summed E-state index contributed by atoms with van der Waals surface area (Å²) in [5.74, 6) is 0. The zero-order valence-electron chi connectivity index (χ0n) is 3.77. The summed E-state index contributed by atoms with van der Waals surface area (Å²) in [5, 5.41) is 21.5. The summed E-state index contributed by atoms with van der Waals surface area (Å²) in [4.78, 5) is 0. The van der Waals surface area contributed by atoms with Crippen molar-refractivity contribution in [2.24, 2.45) is 0 Å². The quantitative estimate of drug-likeness (QED) is 0.329. The van der Waals surface area contributed by atoms with Crippen LogP contribution in [0, 0.1) is 0 Å². The molecule has 0 aliphatic carbocycles. The minimum Gasteiger partial charge on any atom is -0.870 e. The van der Waals surface area contributed by atoms with Crippen LogP contribution in [0.2, 0.25) is 0 Å². The molecular formula is H5BFO4Rb. The molecule has 0 heterocycles. The zero-order chi connectivity index (χ0) is 3.58. The van der Waals surface area contributed by atoms with Crippen molar-refractivity contribution in [3.05, 3.63) is 0 Å². The van der Waals surface area contributed by atoms with Crippen LogP contribution in [0.3, 0.4) is 0 Å². The van der Waals surface area contributed by atoms with Crippen LogP contribution < -0.4 is 58.2 Å². The summed E-state index contributed by atoms with van der Waals surface area (Å²) >= 11 is 0. The number of hydrogen-bond acceptors (Lipinski definition) is 4. The van der Waals surface area contributed by atoms with Gasteiger partial charge in [-0.1, -0.05) is 0 Å². The maximum absolute atomic E-state index is 7.17. The van der Waals surface area contributed by atoms with Gasteiger partial charge in [0.25, 0.3) is 0 Å². The van der Waals surface area contributed by atoms with E-state index in [1.165, 1.54) is 0 Å². The van der Waals surface area contributed by atoms with Crippen LogP contribution >= 0.6 is 0 Å². The molecule has 0 saturated carbocycles. The summed E-state index contributed by atoms with van der Waals surface area (Å²) in [5.41, 5.74) is 0. The van der Waals surface area contributed by atoms with Gasteiger partial charge in [-0.2, -0.15) is 0 Å². The molecule has 0 bridgehead atoms. The largest absolute Gasteiger partial charge is 1.00 e. The van der Waals surface area contributed by atoms with E-state index in [2.05, 4.69) is 0 Å². The third-order valence-electron chi connectivity index (χ3n) is 0. The van der Waals surface area contributed by atoms with Crippen LogP contribution in [0.1, 0.15) is 0 Å². The van der Waals surface area contributed by atoms with Crippen LogP contribution in [0.25, 0.3) is 0 Å². The molecule has 0 radical (unpaired) electrons. The first-order valence-electron chi connectivity index (χ1n) is 0.775. The number of hydrogen-bond donors (Lipinski definition) is 3. The predicted molar refractivity (Wildman–Crippen MR) is 16.8 cm³/mol. The summed E-state index contributed by atoms with van der Waals surface area (Å²) in [6.07, 6.45) is 0. The summed E-state index contributed by atoms with van der Waals surface area (Å²) in [6.45, 7) is 0. The van der Waals surface area contributed by atoms with Gasteiger partial charge in [0.1, 0.15) is 0 Å². The molecule has 4 nitrogen and oxygen atoms in total. The van der Waals surface area contributed by atoms with Gasteiger partial charge in [-0.05, 0) is 0 Å². The molecule has 0 aromatic carbocycles. The standard InChI is InChI=1S/BH3O3.FH.H2O.Rb/c2-1(3)4;;;/h2-4H;1H;1H2;/q;;;+1/p-1. The molecular weight excluding hydrogens is 179 g/mol. The van der Waals surface area contributed by atoms with Crippen molar-refractivity contribution in [1.29, 1.82) is 0 Å². The van der Waals surface area contributed by atoms with Crippen molar-refractivity contribution in [1.82, 2.24) is 0 Å². The molecule has 0 fully saturated rings. The maximum Gasteiger partial charge on any atom is 1.00 e.